The molecule has 0 radical (unpaired) electrons. The Bertz CT molecular complexity index is 279. The van der Waals surface area contributed by atoms with E-state index in [9.17, 15) is 9.59 Å². The average molecular weight is 275 g/mol. The second-order valence-electron chi connectivity index (χ2n) is 4.34. The van der Waals surface area contributed by atoms with Crippen molar-refractivity contribution in [3.8, 4) is 0 Å². The first-order chi connectivity index (χ1) is 8.65. The Balaban J connectivity index is 2.41. The number of ether oxygens (including phenoxy) is 1. The lowest BCUT2D eigenvalue weighted by molar-refractivity contribution is -0.137. The van der Waals surface area contributed by atoms with Crippen LogP contribution >= 0.6 is 11.8 Å². The molecule has 0 saturated carbocycles. The molecular weight excluding hydrogens is 254 g/mol. The predicted octanol–water partition coefficient (Wildman–Crippen LogP) is 1.22. The number of carbonyl (C=O) groups is 2. The number of methoxy groups -OCH3 is 1. The first kappa shape index (κ1) is 15.3. The van der Waals surface area contributed by atoms with E-state index in [-0.39, 0.29) is 12.3 Å². The summed E-state index contributed by atoms with van der Waals surface area (Å²) in [5.74, 6) is 1.29. The van der Waals surface area contributed by atoms with E-state index >= 15 is 0 Å². The molecule has 1 rings (SSSR count). The SMILES string of the molecule is COCCN(C(=O)CCCC(=O)O)C1CCSC1. The Kier molecular flexibility index (Phi) is 7.12. The van der Waals surface area contributed by atoms with Gasteiger partial charge in [0.15, 0.2) is 0 Å². The van der Waals surface area contributed by atoms with Crippen LogP contribution in [0, 0.1) is 0 Å². The molecule has 6 heteroatoms. The van der Waals surface area contributed by atoms with Crippen molar-refractivity contribution in [2.24, 2.45) is 0 Å². The lowest BCUT2D eigenvalue weighted by atomic mass is 10.1. The number of amides is 1. The summed E-state index contributed by atoms with van der Waals surface area (Å²) in [5.41, 5.74) is 0. The second-order valence-corrected chi connectivity index (χ2v) is 5.49. The van der Waals surface area contributed by atoms with E-state index in [4.69, 9.17) is 9.84 Å². The van der Waals surface area contributed by atoms with Crippen molar-refractivity contribution in [2.45, 2.75) is 31.7 Å². The molecule has 1 aliphatic heterocycles. The van der Waals surface area contributed by atoms with Gasteiger partial charge in [-0.2, -0.15) is 11.8 Å². The van der Waals surface area contributed by atoms with Gasteiger partial charge in [-0.1, -0.05) is 0 Å². The van der Waals surface area contributed by atoms with Crippen LogP contribution in [-0.2, 0) is 14.3 Å². The van der Waals surface area contributed by atoms with Crippen LogP contribution in [0.4, 0.5) is 0 Å². The molecular formula is C12H21NO4S. The highest BCUT2D eigenvalue weighted by atomic mass is 32.2. The molecule has 1 aliphatic rings. The summed E-state index contributed by atoms with van der Waals surface area (Å²) >= 11 is 1.86. The second kappa shape index (κ2) is 8.37. The first-order valence-electron chi connectivity index (χ1n) is 6.23. The van der Waals surface area contributed by atoms with E-state index < -0.39 is 5.97 Å². The molecule has 1 atom stereocenters. The van der Waals surface area contributed by atoms with Crippen molar-refractivity contribution in [3.63, 3.8) is 0 Å². The highest BCUT2D eigenvalue weighted by molar-refractivity contribution is 7.99. The van der Waals surface area contributed by atoms with Crippen LogP contribution < -0.4 is 0 Å². The molecule has 1 amide bonds. The van der Waals surface area contributed by atoms with Gasteiger partial charge in [-0.15, -0.1) is 0 Å². The van der Waals surface area contributed by atoms with Gasteiger partial charge in [0.25, 0.3) is 0 Å². The maximum Gasteiger partial charge on any atom is 0.303 e. The van der Waals surface area contributed by atoms with E-state index in [0.717, 1.165) is 17.9 Å². The van der Waals surface area contributed by atoms with Gasteiger partial charge < -0.3 is 14.7 Å². The Hall–Kier alpha value is -0.750. The summed E-state index contributed by atoms with van der Waals surface area (Å²) < 4.78 is 5.03. The minimum Gasteiger partial charge on any atom is -0.481 e. The van der Waals surface area contributed by atoms with E-state index in [1.807, 2.05) is 16.7 Å². The smallest absolute Gasteiger partial charge is 0.303 e. The molecule has 0 aromatic carbocycles. The molecule has 0 spiro atoms. The third-order valence-corrected chi connectivity index (χ3v) is 4.13. The molecule has 0 aromatic rings. The fourth-order valence-electron chi connectivity index (χ4n) is 2.00. The van der Waals surface area contributed by atoms with Crippen molar-refractivity contribution in [3.05, 3.63) is 0 Å². The fourth-order valence-corrected chi connectivity index (χ4v) is 3.23. The number of hydrogen-bond donors (Lipinski definition) is 1. The molecule has 1 fully saturated rings. The zero-order valence-corrected chi connectivity index (χ0v) is 11.6. The van der Waals surface area contributed by atoms with Gasteiger partial charge in [0.1, 0.15) is 0 Å². The molecule has 1 N–H and O–H groups in total. The van der Waals surface area contributed by atoms with Crippen LogP contribution in [0.5, 0.6) is 0 Å². The molecule has 18 heavy (non-hydrogen) atoms. The number of rotatable bonds is 8. The quantitative estimate of drug-likeness (QED) is 0.721. The zero-order valence-electron chi connectivity index (χ0n) is 10.8. The van der Waals surface area contributed by atoms with E-state index in [1.54, 1.807) is 7.11 Å². The van der Waals surface area contributed by atoms with E-state index in [2.05, 4.69) is 0 Å². The third kappa shape index (κ3) is 5.27. The van der Waals surface area contributed by atoms with Gasteiger partial charge in [0.05, 0.1) is 6.61 Å². The standard InChI is InChI=1S/C12H21NO4S/c1-17-7-6-13(10-5-8-18-9-10)11(14)3-2-4-12(15)16/h10H,2-9H2,1H3,(H,15,16). The van der Waals surface area contributed by atoms with Crippen molar-refractivity contribution in [1.82, 2.24) is 4.90 Å². The van der Waals surface area contributed by atoms with Crippen molar-refractivity contribution >= 4 is 23.6 Å². The van der Waals surface area contributed by atoms with Crippen LogP contribution in [0.3, 0.4) is 0 Å². The first-order valence-corrected chi connectivity index (χ1v) is 7.38. The van der Waals surface area contributed by atoms with Crippen LogP contribution in [0.25, 0.3) is 0 Å². The molecule has 1 unspecified atom stereocenters. The number of carboxylic acids is 1. The lowest BCUT2D eigenvalue weighted by Gasteiger charge is -2.28. The summed E-state index contributed by atoms with van der Waals surface area (Å²) in [4.78, 5) is 24.4. The number of hydrogen-bond acceptors (Lipinski definition) is 4. The summed E-state index contributed by atoms with van der Waals surface area (Å²) in [7, 11) is 1.62. The van der Waals surface area contributed by atoms with Crippen molar-refractivity contribution < 1.29 is 19.4 Å². The Morgan fingerprint density at radius 1 is 1.44 bits per heavy atom. The van der Waals surface area contributed by atoms with Gasteiger partial charge in [-0.3, -0.25) is 9.59 Å². The predicted molar refractivity (Wildman–Crippen MR) is 70.8 cm³/mol. The fraction of sp³-hybridized carbons (Fsp3) is 0.833. The van der Waals surface area contributed by atoms with Crippen molar-refractivity contribution in [2.75, 3.05) is 31.8 Å². The molecule has 5 nitrogen and oxygen atoms in total. The number of aliphatic carboxylic acids is 1. The number of thioether (sulfide) groups is 1. The van der Waals surface area contributed by atoms with Gasteiger partial charge in [0.2, 0.25) is 5.91 Å². The highest BCUT2D eigenvalue weighted by Gasteiger charge is 2.26. The summed E-state index contributed by atoms with van der Waals surface area (Å²) in [6.45, 7) is 1.14. The normalized spacial score (nSPS) is 18.8. The lowest BCUT2D eigenvalue weighted by Crippen LogP contribution is -2.42. The van der Waals surface area contributed by atoms with Crippen LogP contribution in [0.15, 0.2) is 0 Å². The average Bonchev–Trinajstić information content (AvgIpc) is 2.82. The minimum atomic E-state index is -0.845. The number of carbonyl (C=O) groups excluding carboxylic acids is 1. The molecule has 1 heterocycles. The van der Waals surface area contributed by atoms with Crippen molar-refractivity contribution in [1.29, 1.82) is 0 Å². The van der Waals surface area contributed by atoms with Gasteiger partial charge in [0, 0.05) is 38.3 Å². The molecule has 0 bridgehead atoms. The minimum absolute atomic E-state index is 0.0563. The molecule has 0 aliphatic carbocycles. The van der Waals surface area contributed by atoms with Crippen LogP contribution in [0.2, 0.25) is 0 Å². The molecule has 0 aromatic heterocycles. The highest BCUT2D eigenvalue weighted by Crippen LogP contribution is 2.23. The van der Waals surface area contributed by atoms with Crippen LogP contribution in [0.1, 0.15) is 25.7 Å². The summed E-state index contributed by atoms with van der Waals surface area (Å²) in [6, 6.07) is 0.294. The van der Waals surface area contributed by atoms with Crippen LogP contribution in [-0.4, -0.2) is 59.7 Å². The Labute approximate surface area is 112 Å². The molecule has 1 saturated heterocycles. The van der Waals surface area contributed by atoms with Gasteiger partial charge in [-0.25, -0.2) is 0 Å². The van der Waals surface area contributed by atoms with E-state index in [0.29, 0.717) is 32.0 Å². The Morgan fingerprint density at radius 2 is 2.22 bits per heavy atom. The van der Waals surface area contributed by atoms with Gasteiger partial charge >= 0.3 is 5.97 Å². The van der Waals surface area contributed by atoms with Gasteiger partial charge in [-0.05, 0) is 18.6 Å². The largest absolute Gasteiger partial charge is 0.481 e. The maximum absolute atomic E-state index is 12.1. The monoisotopic (exact) mass is 275 g/mol. The number of carboxylic acid groups (broad SMARTS) is 1. The summed E-state index contributed by atoms with van der Waals surface area (Å²) in [5, 5.41) is 8.57. The Morgan fingerprint density at radius 3 is 2.78 bits per heavy atom. The van der Waals surface area contributed by atoms with E-state index in [1.165, 1.54) is 0 Å². The number of nitrogens with zero attached hydrogens (tertiary/aromatic N) is 1. The molecule has 104 valence electrons. The third-order valence-electron chi connectivity index (χ3n) is 2.98. The zero-order chi connectivity index (χ0) is 13.4. The maximum atomic E-state index is 12.1. The summed E-state index contributed by atoms with van der Waals surface area (Å²) in [6.07, 6.45) is 1.82. The topological polar surface area (TPSA) is 66.8 Å².